The Balaban J connectivity index is 1.96. The second-order valence-electron chi connectivity index (χ2n) is 3.14. The van der Waals surface area contributed by atoms with E-state index in [0.717, 1.165) is 18.1 Å². The van der Waals surface area contributed by atoms with E-state index in [1.165, 1.54) is 0 Å². The lowest BCUT2D eigenvalue weighted by Gasteiger charge is -2.18. The minimum Gasteiger partial charge on any atom is -0.368 e. The Morgan fingerprint density at radius 1 is 1.60 bits per heavy atom. The fourth-order valence-corrected chi connectivity index (χ4v) is 2.14. The van der Waals surface area contributed by atoms with Crippen LogP contribution in [0, 0.1) is 11.3 Å². The van der Waals surface area contributed by atoms with Gasteiger partial charge in [0.2, 0.25) is 11.7 Å². The molecule has 0 aromatic carbocycles. The van der Waals surface area contributed by atoms with Crippen molar-refractivity contribution in [2.75, 3.05) is 18.1 Å². The largest absolute Gasteiger partial charge is 0.368 e. The van der Waals surface area contributed by atoms with E-state index in [9.17, 15) is 0 Å². The van der Waals surface area contributed by atoms with Gasteiger partial charge in [-0.3, -0.25) is 0 Å². The smallest absolute Gasteiger partial charge is 0.227 e. The molecule has 0 N–H and O–H groups in total. The van der Waals surface area contributed by atoms with Crippen LogP contribution in [0.5, 0.6) is 0 Å². The highest BCUT2D eigenvalue weighted by Crippen LogP contribution is 2.24. The Bertz CT molecular complexity index is 354. The van der Waals surface area contributed by atoms with Gasteiger partial charge in [0.1, 0.15) is 6.10 Å². The molecule has 2 heterocycles. The van der Waals surface area contributed by atoms with E-state index in [4.69, 9.17) is 14.5 Å². The Hall–Kier alpha value is -1.06. The van der Waals surface area contributed by atoms with Crippen LogP contribution in [0.15, 0.2) is 4.52 Å². The maximum Gasteiger partial charge on any atom is 0.227 e. The van der Waals surface area contributed by atoms with Crippen LogP contribution in [-0.2, 0) is 11.2 Å². The summed E-state index contributed by atoms with van der Waals surface area (Å²) in [6.45, 7) is 0.734. The second kappa shape index (κ2) is 5.14. The van der Waals surface area contributed by atoms with Crippen LogP contribution in [0.25, 0.3) is 0 Å². The standard InChI is InChI=1S/C9H11N3O2S/c10-3-1-2-8-11-9(12-14-8)7-6-15-5-4-13-7/h7H,1-2,4-6H2. The topological polar surface area (TPSA) is 71.9 Å². The average Bonchev–Trinajstić information content (AvgIpc) is 2.76. The second-order valence-corrected chi connectivity index (χ2v) is 4.29. The molecule has 6 heteroatoms. The number of hydrogen-bond acceptors (Lipinski definition) is 6. The Kier molecular flexibility index (Phi) is 3.59. The number of nitriles is 1. The van der Waals surface area contributed by atoms with Crippen molar-refractivity contribution in [3.63, 3.8) is 0 Å². The number of rotatable bonds is 3. The van der Waals surface area contributed by atoms with Gasteiger partial charge in [-0.25, -0.2) is 0 Å². The maximum atomic E-state index is 8.42. The van der Waals surface area contributed by atoms with Gasteiger partial charge in [0.15, 0.2) is 0 Å². The van der Waals surface area contributed by atoms with Gasteiger partial charge in [0.25, 0.3) is 0 Å². The van der Waals surface area contributed by atoms with Crippen molar-refractivity contribution in [2.24, 2.45) is 0 Å². The van der Waals surface area contributed by atoms with E-state index in [1.807, 2.05) is 17.8 Å². The summed E-state index contributed by atoms with van der Waals surface area (Å²) in [5, 5.41) is 12.3. The van der Waals surface area contributed by atoms with Crippen LogP contribution < -0.4 is 0 Å². The van der Waals surface area contributed by atoms with Crippen molar-refractivity contribution in [1.82, 2.24) is 10.1 Å². The SMILES string of the molecule is N#CCCc1nc(C2CSCCO2)no1. The van der Waals surface area contributed by atoms with E-state index in [0.29, 0.717) is 24.6 Å². The zero-order chi connectivity index (χ0) is 10.5. The molecule has 1 aliphatic heterocycles. The number of hydrogen-bond donors (Lipinski definition) is 0. The summed E-state index contributed by atoms with van der Waals surface area (Å²) in [7, 11) is 0. The molecule has 15 heavy (non-hydrogen) atoms. The van der Waals surface area contributed by atoms with Crippen molar-refractivity contribution in [1.29, 1.82) is 5.26 Å². The van der Waals surface area contributed by atoms with Crippen molar-refractivity contribution in [2.45, 2.75) is 18.9 Å². The minimum absolute atomic E-state index is 0.0525. The van der Waals surface area contributed by atoms with E-state index < -0.39 is 0 Å². The van der Waals surface area contributed by atoms with Crippen LogP contribution in [0.2, 0.25) is 0 Å². The molecule has 0 bridgehead atoms. The molecule has 1 saturated heterocycles. The third-order valence-electron chi connectivity index (χ3n) is 2.04. The number of ether oxygens (including phenoxy) is 1. The number of thioether (sulfide) groups is 1. The molecule has 1 fully saturated rings. The van der Waals surface area contributed by atoms with Gasteiger partial charge in [-0.15, -0.1) is 0 Å². The van der Waals surface area contributed by atoms with Gasteiger partial charge in [0.05, 0.1) is 12.7 Å². The predicted octanol–water partition coefficient (Wildman–Crippen LogP) is 1.33. The molecule has 1 aliphatic rings. The molecule has 0 amide bonds. The zero-order valence-electron chi connectivity index (χ0n) is 8.18. The van der Waals surface area contributed by atoms with Gasteiger partial charge in [-0.1, -0.05) is 5.16 Å². The first-order valence-corrected chi connectivity index (χ1v) is 5.94. The zero-order valence-corrected chi connectivity index (χ0v) is 9.00. The third-order valence-corrected chi connectivity index (χ3v) is 3.03. The summed E-state index contributed by atoms with van der Waals surface area (Å²) in [5.41, 5.74) is 0. The van der Waals surface area contributed by atoms with Crippen LogP contribution in [0.3, 0.4) is 0 Å². The number of nitrogens with zero attached hydrogens (tertiary/aromatic N) is 3. The summed E-state index contributed by atoms with van der Waals surface area (Å²) < 4.78 is 10.5. The van der Waals surface area contributed by atoms with Crippen LogP contribution in [-0.4, -0.2) is 28.3 Å². The molecule has 1 atom stereocenters. The van der Waals surface area contributed by atoms with Gasteiger partial charge in [-0.2, -0.15) is 22.0 Å². The van der Waals surface area contributed by atoms with Crippen LogP contribution in [0.1, 0.15) is 24.2 Å². The van der Waals surface area contributed by atoms with Crippen molar-refractivity contribution in [3.8, 4) is 6.07 Å². The Labute approximate surface area is 91.8 Å². The van der Waals surface area contributed by atoms with Crippen molar-refractivity contribution < 1.29 is 9.26 Å². The Morgan fingerprint density at radius 2 is 2.53 bits per heavy atom. The third kappa shape index (κ3) is 2.70. The van der Waals surface area contributed by atoms with E-state index in [1.54, 1.807) is 0 Å². The molecule has 1 unspecified atom stereocenters. The molecule has 1 aromatic heterocycles. The molecule has 80 valence electrons. The molecule has 0 saturated carbocycles. The number of aryl methyl sites for hydroxylation is 1. The summed E-state index contributed by atoms with van der Waals surface area (Å²) >= 11 is 1.83. The average molecular weight is 225 g/mol. The van der Waals surface area contributed by atoms with Gasteiger partial charge in [-0.05, 0) is 0 Å². The molecule has 2 rings (SSSR count). The molecule has 5 nitrogen and oxygen atoms in total. The van der Waals surface area contributed by atoms with Gasteiger partial charge < -0.3 is 9.26 Å². The summed E-state index contributed by atoms with van der Waals surface area (Å²) in [5.74, 6) is 3.02. The predicted molar refractivity (Wildman–Crippen MR) is 54.3 cm³/mol. The first kappa shape index (κ1) is 10.5. The molecule has 0 spiro atoms. The van der Waals surface area contributed by atoms with Gasteiger partial charge >= 0.3 is 0 Å². The fourth-order valence-electron chi connectivity index (χ4n) is 1.30. The first-order valence-electron chi connectivity index (χ1n) is 4.79. The lowest BCUT2D eigenvalue weighted by atomic mass is 10.3. The molecular weight excluding hydrogens is 214 g/mol. The molecule has 0 radical (unpaired) electrons. The highest BCUT2D eigenvalue weighted by atomic mass is 32.2. The highest BCUT2D eigenvalue weighted by molar-refractivity contribution is 7.99. The van der Waals surface area contributed by atoms with E-state index in [2.05, 4.69) is 10.1 Å². The lowest BCUT2D eigenvalue weighted by Crippen LogP contribution is -2.16. The summed E-state index contributed by atoms with van der Waals surface area (Å²) in [4.78, 5) is 4.20. The normalized spacial score (nSPS) is 21.1. The van der Waals surface area contributed by atoms with E-state index in [-0.39, 0.29) is 6.10 Å². The first-order chi connectivity index (χ1) is 7.40. The summed E-state index contributed by atoms with van der Waals surface area (Å²) in [6, 6.07) is 2.04. The van der Waals surface area contributed by atoms with Crippen LogP contribution in [0.4, 0.5) is 0 Å². The fraction of sp³-hybridized carbons (Fsp3) is 0.667. The Morgan fingerprint density at radius 3 is 3.27 bits per heavy atom. The molecular formula is C9H11N3O2S. The van der Waals surface area contributed by atoms with Gasteiger partial charge in [0, 0.05) is 24.3 Å². The highest BCUT2D eigenvalue weighted by Gasteiger charge is 2.21. The van der Waals surface area contributed by atoms with Crippen LogP contribution >= 0.6 is 11.8 Å². The summed E-state index contributed by atoms with van der Waals surface area (Å²) in [6.07, 6.45) is 0.869. The lowest BCUT2D eigenvalue weighted by molar-refractivity contribution is 0.0677. The molecule has 1 aromatic rings. The van der Waals surface area contributed by atoms with E-state index >= 15 is 0 Å². The minimum atomic E-state index is -0.0525. The molecule has 0 aliphatic carbocycles. The maximum absolute atomic E-state index is 8.42. The van der Waals surface area contributed by atoms with Crippen molar-refractivity contribution >= 4 is 11.8 Å². The monoisotopic (exact) mass is 225 g/mol. The van der Waals surface area contributed by atoms with Crippen molar-refractivity contribution in [3.05, 3.63) is 11.7 Å². The quantitative estimate of drug-likeness (QED) is 0.772. The number of aromatic nitrogens is 2.